The summed E-state index contributed by atoms with van der Waals surface area (Å²) in [6, 6.07) is 13.1. The van der Waals surface area contributed by atoms with Crippen LogP contribution in [0.4, 0.5) is 0 Å². The number of nitrogens with one attached hydrogen (secondary N) is 1. The molecule has 0 aliphatic carbocycles. The number of para-hydroxylation sites is 1. The van der Waals surface area contributed by atoms with Crippen LogP contribution in [0.1, 0.15) is 28.8 Å². The van der Waals surface area contributed by atoms with E-state index in [2.05, 4.69) is 11.4 Å². The van der Waals surface area contributed by atoms with Gasteiger partial charge in [-0.25, -0.2) is 0 Å². The number of halogens is 1. The standard InChI is InChI=1S/C21H24ClNO4/c1-25-18-8-4-7-17(19(18)26-2)20(24)23-14-21(9-11-27-12-10-21)15-5-3-6-16(22)13-15/h3-8,13H,9-12,14H2,1-2H3,(H,23,24). The van der Waals surface area contributed by atoms with Gasteiger partial charge in [0.25, 0.3) is 5.91 Å². The fourth-order valence-corrected chi connectivity index (χ4v) is 3.75. The summed E-state index contributed by atoms with van der Waals surface area (Å²) < 4.78 is 16.2. The first-order chi connectivity index (χ1) is 13.1. The van der Waals surface area contributed by atoms with Crippen molar-refractivity contribution in [2.45, 2.75) is 18.3 Å². The predicted molar refractivity (Wildman–Crippen MR) is 105 cm³/mol. The van der Waals surface area contributed by atoms with Crippen LogP contribution in [0.5, 0.6) is 11.5 Å². The van der Waals surface area contributed by atoms with Gasteiger partial charge in [0, 0.05) is 30.2 Å². The molecule has 1 fully saturated rings. The van der Waals surface area contributed by atoms with Gasteiger partial charge in [-0.3, -0.25) is 4.79 Å². The molecule has 5 nitrogen and oxygen atoms in total. The predicted octanol–water partition coefficient (Wildman–Crippen LogP) is 3.84. The molecule has 0 saturated carbocycles. The topological polar surface area (TPSA) is 56.8 Å². The second-order valence-corrected chi connectivity index (χ2v) is 7.06. The number of benzene rings is 2. The third kappa shape index (κ3) is 4.20. The third-order valence-corrected chi connectivity index (χ3v) is 5.36. The van der Waals surface area contributed by atoms with Crippen molar-refractivity contribution in [2.24, 2.45) is 0 Å². The van der Waals surface area contributed by atoms with Crippen LogP contribution in [0.15, 0.2) is 42.5 Å². The van der Waals surface area contributed by atoms with E-state index in [1.165, 1.54) is 7.11 Å². The Morgan fingerprint density at radius 2 is 1.89 bits per heavy atom. The molecular formula is C21H24ClNO4. The molecule has 3 rings (SSSR count). The molecule has 0 atom stereocenters. The van der Waals surface area contributed by atoms with E-state index < -0.39 is 0 Å². The second kappa shape index (κ2) is 8.63. The number of rotatable bonds is 6. The average molecular weight is 390 g/mol. The Labute approximate surface area is 164 Å². The Balaban J connectivity index is 1.83. The van der Waals surface area contributed by atoms with Gasteiger partial charge in [-0.1, -0.05) is 29.8 Å². The van der Waals surface area contributed by atoms with Crippen molar-refractivity contribution in [3.63, 3.8) is 0 Å². The summed E-state index contributed by atoms with van der Waals surface area (Å²) in [5.74, 6) is 0.765. The summed E-state index contributed by atoms with van der Waals surface area (Å²) in [5.41, 5.74) is 1.37. The van der Waals surface area contributed by atoms with Gasteiger partial charge in [-0.05, 0) is 42.7 Å². The molecular weight excluding hydrogens is 366 g/mol. The van der Waals surface area contributed by atoms with E-state index >= 15 is 0 Å². The van der Waals surface area contributed by atoms with Crippen molar-refractivity contribution >= 4 is 17.5 Å². The molecule has 1 amide bonds. The van der Waals surface area contributed by atoms with Gasteiger partial charge in [0.2, 0.25) is 0 Å². The highest BCUT2D eigenvalue weighted by Crippen LogP contribution is 2.36. The van der Waals surface area contributed by atoms with Gasteiger partial charge in [0.1, 0.15) is 0 Å². The fourth-order valence-electron chi connectivity index (χ4n) is 3.56. The van der Waals surface area contributed by atoms with E-state index in [1.807, 2.05) is 18.2 Å². The first-order valence-corrected chi connectivity index (χ1v) is 9.30. The second-order valence-electron chi connectivity index (χ2n) is 6.63. The minimum Gasteiger partial charge on any atom is -0.493 e. The molecule has 0 radical (unpaired) electrons. The molecule has 1 saturated heterocycles. The maximum atomic E-state index is 12.9. The molecule has 1 N–H and O–H groups in total. The third-order valence-electron chi connectivity index (χ3n) is 5.12. The molecule has 2 aromatic rings. The van der Waals surface area contributed by atoms with Gasteiger partial charge >= 0.3 is 0 Å². The van der Waals surface area contributed by atoms with E-state index in [0.29, 0.717) is 41.8 Å². The minimum atomic E-state index is -0.203. The summed E-state index contributed by atoms with van der Waals surface area (Å²) in [7, 11) is 3.08. The van der Waals surface area contributed by atoms with Crippen LogP contribution in [-0.2, 0) is 10.2 Å². The molecule has 0 aromatic heterocycles. The van der Waals surface area contributed by atoms with Crippen molar-refractivity contribution < 1.29 is 19.0 Å². The molecule has 6 heteroatoms. The molecule has 1 aliphatic heterocycles. The lowest BCUT2D eigenvalue weighted by Crippen LogP contribution is -2.44. The Bertz CT molecular complexity index is 803. The Kier molecular flexibility index (Phi) is 6.24. The zero-order valence-corrected chi connectivity index (χ0v) is 16.3. The first kappa shape index (κ1) is 19.5. The van der Waals surface area contributed by atoms with Crippen molar-refractivity contribution in [3.05, 3.63) is 58.6 Å². The summed E-state index contributed by atoms with van der Waals surface area (Å²) >= 11 is 6.21. The normalized spacial score (nSPS) is 15.8. The number of amides is 1. The Morgan fingerprint density at radius 1 is 1.15 bits per heavy atom. The van der Waals surface area contributed by atoms with Gasteiger partial charge in [0.05, 0.1) is 19.8 Å². The first-order valence-electron chi connectivity index (χ1n) is 8.92. The molecule has 27 heavy (non-hydrogen) atoms. The molecule has 0 bridgehead atoms. The molecule has 1 aliphatic rings. The van der Waals surface area contributed by atoms with E-state index in [4.69, 9.17) is 25.8 Å². The van der Waals surface area contributed by atoms with Crippen LogP contribution >= 0.6 is 11.6 Å². The number of carbonyl (C=O) groups excluding carboxylic acids is 1. The quantitative estimate of drug-likeness (QED) is 0.815. The summed E-state index contributed by atoms with van der Waals surface area (Å²) in [6.07, 6.45) is 1.64. The van der Waals surface area contributed by atoms with Crippen LogP contribution in [0.25, 0.3) is 0 Å². The fraction of sp³-hybridized carbons (Fsp3) is 0.381. The number of hydrogen-bond acceptors (Lipinski definition) is 4. The Hall–Kier alpha value is -2.24. The van der Waals surface area contributed by atoms with E-state index in [-0.39, 0.29) is 11.3 Å². The molecule has 0 spiro atoms. The highest BCUT2D eigenvalue weighted by Gasteiger charge is 2.35. The molecule has 0 unspecified atom stereocenters. The molecule has 144 valence electrons. The van der Waals surface area contributed by atoms with Crippen LogP contribution in [0.3, 0.4) is 0 Å². The number of ether oxygens (including phenoxy) is 3. The van der Waals surface area contributed by atoms with E-state index in [0.717, 1.165) is 18.4 Å². The van der Waals surface area contributed by atoms with Gasteiger partial charge in [-0.15, -0.1) is 0 Å². The van der Waals surface area contributed by atoms with Crippen LogP contribution in [-0.4, -0.2) is 39.9 Å². The lowest BCUT2D eigenvalue weighted by atomic mass is 9.74. The molecule has 2 aromatic carbocycles. The van der Waals surface area contributed by atoms with Crippen LogP contribution < -0.4 is 14.8 Å². The van der Waals surface area contributed by atoms with Gasteiger partial charge in [-0.2, -0.15) is 0 Å². The lowest BCUT2D eigenvalue weighted by molar-refractivity contribution is 0.0487. The minimum absolute atomic E-state index is 0.196. The number of carbonyl (C=O) groups is 1. The van der Waals surface area contributed by atoms with Crippen molar-refractivity contribution in [1.82, 2.24) is 5.32 Å². The maximum absolute atomic E-state index is 12.9. The monoisotopic (exact) mass is 389 g/mol. The zero-order chi connectivity index (χ0) is 19.3. The highest BCUT2D eigenvalue weighted by molar-refractivity contribution is 6.30. The van der Waals surface area contributed by atoms with Gasteiger partial charge in [0.15, 0.2) is 11.5 Å². The van der Waals surface area contributed by atoms with Crippen molar-refractivity contribution in [2.75, 3.05) is 34.0 Å². The zero-order valence-electron chi connectivity index (χ0n) is 15.6. The van der Waals surface area contributed by atoms with Crippen molar-refractivity contribution in [1.29, 1.82) is 0 Å². The number of methoxy groups -OCH3 is 2. The van der Waals surface area contributed by atoms with E-state index in [1.54, 1.807) is 25.3 Å². The molecule has 1 heterocycles. The largest absolute Gasteiger partial charge is 0.493 e. The Morgan fingerprint density at radius 3 is 2.56 bits per heavy atom. The van der Waals surface area contributed by atoms with E-state index in [9.17, 15) is 4.79 Å². The maximum Gasteiger partial charge on any atom is 0.255 e. The van der Waals surface area contributed by atoms with Crippen LogP contribution in [0.2, 0.25) is 5.02 Å². The smallest absolute Gasteiger partial charge is 0.255 e. The average Bonchev–Trinajstić information content (AvgIpc) is 2.72. The lowest BCUT2D eigenvalue weighted by Gasteiger charge is -2.38. The summed E-state index contributed by atoms with van der Waals surface area (Å²) in [5, 5.41) is 3.77. The highest BCUT2D eigenvalue weighted by atomic mass is 35.5. The summed E-state index contributed by atoms with van der Waals surface area (Å²) in [4.78, 5) is 12.9. The number of hydrogen-bond donors (Lipinski definition) is 1. The summed E-state index contributed by atoms with van der Waals surface area (Å²) in [6.45, 7) is 1.81. The van der Waals surface area contributed by atoms with Gasteiger partial charge < -0.3 is 19.5 Å². The van der Waals surface area contributed by atoms with Crippen molar-refractivity contribution in [3.8, 4) is 11.5 Å². The SMILES string of the molecule is COc1cccc(C(=O)NCC2(c3cccc(Cl)c3)CCOCC2)c1OC. The van der Waals surface area contributed by atoms with Crippen LogP contribution in [0, 0.1) is 0 Å².